The Balaban J connectivity index is 1.30. The third-order valence-corrected chi connectivity index (χ3v) is 6.14. The first kappa shape index (κ1) is 21.9. The molecule has 1 saturated heterocycles. The molecule has 2 heterocycles. The number of anilines is 2. The van der Waals surface area contributed by atoms with Gasteiger partial charge < -0.3 is 19.9 Å². The first-order valence-electron chi connectivity index (χ1n) is 10.8. The van der Waals surface area contributed by atoms with Crippen LogP contribution in [0.3, 0.4) is 0 Å². The summed E-state index contributed by atoms with van der Waals surface area (Å²) in [6.07, 6.45) is 0.0950. The van der Waals surface area contributed by atoms with Crippen molar-refractivity contribution in [3.63, 3.8) is 0 Å². The van der Waals surface area contributed by atoms with E-state index in [0.29, 0.717) is 18.7 Å². The van der Waals surface area contributed by atoms with E-state index in [1.54, 1.807) is 24.3 Å². The maximum atomic E-state index is 12.5. The average molecular weight is 450 g/mol. The Kier molecular flexibility index (Phi) is 6.75. The Morgan fingerprint density at radius 1 is 0.938 bits per heavy atom. The first-order valence-corrected chi connectivity index (χ1v) is 11.6. The molecule has 0 radical (unpaired) electrons. The number of piperazine rings is 1. The summed E-state index contributed by atoms with van der Waals surface area (Å²) in [4.78, 5) is 30.0. The fourth-order valence-corrected chi connectivity index (χ4v) is 4.33. The predicted molar refractivity (Wildman–Crippen MR) is 129 cm³/mol. The van der Waals surface area contributed by atoms with Gasteiger partial charge in [0, 0.05) is 43.1 Å². The molecule has 0 saturated carbocycles. The SMILES string of the molecule is CC(C)Oc1ccc(C(=O)Nc2ccc(N3CCN(C(=O)c4cccs4)CC3)cc2)cc1. The van der Waals surface area contributed by atoms with Gasteiger partial charge in [-0.1, -0.05) is 6.07 Å². The molecule has 1 N–H and O–H groups in total. The average Bonchev–Trinajstić information content (AvgIpc) is 3.34. The lowest BCUT2D eigenvalue weighted by molar-refractivity contribution is 0.0751. The number of hydrogen-bond acceptors (Lipinski definition) is 5. The van der Waals surface area contributed by atoms with Crippen molar-refractivity contribution in [1.82, 2.24) is 4.90 Å². The van der Waals surface area contributed by atoms with Crippen molar-refractivity contribution >= 4 is 34.5 Å². The highest BCUT2D eigenvalue weighted by atomic mass is 32.1. The van der Waals surface area contributed by atoms with Crippen LogP contribution in [0.2, 0.25) is 0 Å². The maximum Gasteiger partial charge on any atom is 0.264 e. The molecule has 166 valence electrons. The number of thiophene rings is 1. The van der Waals surface area contributed by atoms with Gasteiger partial charge in [-0.2, -0.15) is 0 Å². The molecule has 0 bridgehead atoms. The second-order valence-corrected chi connectivity index (χ2v) is 8.90. The van der Waals surface area contributed by atoms with Gasteiger partial charge in [0.2, 0.25) is 0 Å². The number of rotatable bonds is 6. The summed E-state index contributed by atoms with van der Waals surface area (Å²) < 4.78 is 5.62. The molecule has 0 spiro atoms. The standard InChI is InChI=1S/C25H27N3O3S/c1-18(2)31-22-11-5-19(6-12-22)24(29)26-20-7-9-21(10-8-20)27-13-15-28(16-14-27)25(30)23-4-3-17-32-23/h3-12,17-18H,13-16H2,1-2H3,(H,26,29). The molecule has 6 nitrogen and oxygen atoms in total. The van der Waals surface area contributed by atoms with Crippen LogP contribution in [0.15, 0.2) is 66.0 Å². The Labute approximate surface area is 192 Å². The fraction of sp³-hybridized carbons (Fsp3) is 0.280. The first-order chi connectivity index (χ1) is 15.5. The summed E-state index contributed by atoms with van der Waals surface area (Å²) >= 11 is 1.48. The number of hydrogen-bond donors (Lipinski definition) is 1. The van der Waals surface area contributed by atoms with E-state index in [0.717, 1.165) is 35.1 Å². The van der Waals surface area contributed by atoms with Gasteiger partial charge in [-0.05, 0) is 73.8 Å². The Bertz CT molecular complexity index is 1040. The maximum absolute atomic E-state index is 12.5. The third kappa shape index (κ3) is 5.29. The van der Waals surface area contributed by atoms with Gasteiger partial charge in [-0.25, -0.2) is 0 Å². The fourth-order valence-electron chi connectivity index (χ4n) is 3.64. The molecule has 0 unspecified atom stereocenters. The molecule has 2 aromatic carbocycles. The zero-order chi connectivity index (χ0) is 22.5. The molecule has 0 atom stereocenters. The number of carbonyl (C=O) groups excluding carboxylic acids is 2. The molecule has 4 rings (SSSR count). The number of benzene rings is 2. The van der Waals surface area contributed by atoms with Gasteiger partial charge in [-0.15, -0.1) is 11.3 Å². The van der Waals surface area contributed by atoms with Crippen LogP contribution in [-0.4, -0.2) is 49.0 Å². The van der Waals surface area contributed by atoms with Crippen LogP contribution >= 0.6 is 11.3 Å². The number of amides is 2. The minimum Gasteiger partial charge on any atom is -0.491 e. The van der Waals surface area contributed by atoms with Crippen LogP contribution in [0.25, 0.3) is 0 Å². The van der Waals surface area contributed by atoms with Gasteiger partial charge in [-0.3, -0.25) is 9.59 Å². The van der Waals surface area contributed by atoms with Crippen LogP contribution < -0.4 is 15.0 Å². The number of ether oxygens (including phenoxy) is 1. The summed E-state index contributed by atoms with van der Waals surface area (Å²) in [5.74, 6) is 0.703. The van der Waals surface area contributed by atoms with E-state index in [1.165, 1.54) is 11.3 Å². The van der Waals surface area contributed by atoms with Crippen LogP contribution in [0.1, 0.15) is 33.9 Å². The smallest absolute Gasteiger partial charge is 0.264 e. The highest BCUT2D eigenvalue weighted by molar-refractivity contribution is 7.12. The quantitative estimate of drug-likeness (QED) is 0.590. The minimum atomic E-state index is -0.158. The summed E-state index contributed by atoms with van der Waals surface area (Å²) in [5.41, 5.74) is 2.41. The lowest BCUT2D eigenvalue weighted by Gasteiger charge is -2.36. The molecule has 1 aliphatic rings. The minimum absolute atomic E-state index is 0.0950. The van der Waals surface area contributed by atoms with Gasteiger partial charge >= 0.3 is 0 Å². The molecule has 1 aromatic heterocycles. The second-order valence-electron chi connectivity index (χ2n) is 7.95. The van der Waals surface area contributed by atoms with Crippen LogP contribution in [0.5, 0.6) is 5.75 Å². The van der Waals surface area contributed by atoms with Crippen LogP contribution in [0, 0.1) is 0 Å². The predicted octanol–water partition coefficient (Wildman–Crippen LogP) is 4.75. The van der Waals surface area contributed by atoms with E-state index in [9.17, 15) is 9.59 Å². The van der Waals surface area contributed by atoms with Gasteiger partial charge in [0.15, 0.2) is 0 Å². The third-order valence-electron chi connectivity index (χ3n) is 5.28. The molecule has 32 heavy (non-hydrogen) atoms. The summed E-state index contributed by atoms with van der Waals surface area (Å²) in [6.45, 7) is 6.91. The van der Waals surface area contributed by atoms with Crippen molar-refractivity contribution in [2.45, 2.75) is 20.0 Å². The summed E-state index contributed by atoms with van der Waals surface area (Å²) in [6, 6.07) is 18.8. The topological polar surface area (TPSA) is 61.9 Å². The van der Waals surface area contributed by atoms with E-state index >= 15 is 0 Å². The zero-order valence-electron chi connectivity index (χ0n) is 18.3. The van der Waals surface area contributed by atoms with E-state index in [4.69, 9.17) is 4.74 Å². The van der Waals surface area contributed by atoms with Crippen molar-refractivity contribution in [1.29, 1.82) is 0 Å². The van der Waals surface area contributed by atoms with E-state index in [1.807, 2.05) is 60.5 Å². The highest BCUT2D eigenvalue weighted by Crippen LogP contribution is 2.22. The largest absolute Gasteiger partial charge is 0.491 e. The van der Waals surface area contributed by atoms with Crippen molar-refractivity contribution in [2.75, 3.05) is 36.4 Å². The number of nitrogens with zero attached hydrogens (tertiary/aromatic N) is 2. The van der Waals surface area contributed by atoms with Crippen LogP contribution in [0.4, 0.5) is 11.4 Å². The van der Waals surface area contributed by atoms with Gasteiger partial charge in [0.1, 0.15) is 5.75 Å². The molecule has 3 aromatic rings. The highest BCUT2D eigenvalue weighted by Gasteiger charge is 2.22. The summed E-state index contributed by atoms with van der Waals surface area (Å²) in [5, 5.41) is 4.87. The molecule has 1 aliphatic heterocycles. The summed E-state index contributed by atoms with van der Waals surface area (Å²) in [7, 11) is 0. The zero-order valence-corrected chi connectivity index (χ0v) is 19.1. The van der Waals surface area contributed by atoms with Crippen LogP contribution in [-0.2, 0) is 0 Å². The van der Waals surface area contributed by atoms with E-state index < -0.39 is 0 Å². The van der Waals surface area contributed by atoms with E-state index in [-0.39, 0.29) is 17.9 Å². The number of nitrogens with one attached hydrogen (secondary N) is 1. The van der Waals surface area contributed by atoms with Crippen molar-refractivity contribution in [3.8, 4) is 5.75 Å². The Morgan fingerprint density at radius 2 is 1.62 bits per heavy atom. The van der Waals surface area contributed by atoms with Crippen molar-refractivity contribution < 1.29 is 14.3 Å². The Hall–Kier alpha value is -3.32. The molecule has 7 heteroatoms. The molecule has 0 aliphatic carbocycles. The van der Waals surface area contributed by atoms with E-state index in [2.05, 4.69) is 10.2 Å². The lowest BCUT2D eigenvalue weighted by atomic mass is 10.2. The second kappa shape index (κ2) is 9.87. The molecule has 2 amide bonds. The number of carbonyl (C=O) groups is 2. The molecular weight excluding hydrogens is 422 g/mol. The molecule has 1 fully saturated rings. The van der Waals surface area contributed by atoms with Crippen molar-refractivity contribution in [3.05, 3.63) is 76.5 Å². The van der Waals surface area contributed by atoms with Crippen molar-refractivity contribution in [2.24, 2.45) is 0 Å². The lowest BCUT2D eigenvalue weighted by Crippen LogP contribution is -2.48. The Morgan fingerprint density at radius 3 is 2.22 bits per heavy atom. The molecular formula is C25H27N3O3S. The van der Waals surface area contributed by atoms with Gasteiger partial charge in [0.05, 0.1) is 11.0 Å². The van der Waals surface area contributed by atoms with Gasteiger partial charge in [0.25, 0.3) is 11.8 Å². The monoisotopic (exact) mass is 449 g/mol. The normalized spacial score (nSPS) is 13.8.